The second-order valence-corrected chi connectivity index (χ2v) is 14.1. The number of hydrogen-bond donors (Lipinski definition) is 2. The molecule has 10 rings (SSSR count). The molecule has 3 aliphatic rings. The third kappa shape index (κ3) is 5.35. The van der Waals surface area contributed by atoms with E-state index in [1.807, 2.05) is 79.0 Å². The van der Waals surface area contributed by atoms with Crippen molar-refractivity contribution in [1.82, 2.24) is 24.5 Å². The predicted octanol–water partition coefficient (Wildman–Crippen LogP) is 8.94. The Balaban J connectivity index is 1.30. The SMILES string of the molecule is O=C(O)C1C2CCC(CC2)C1Nc1cc(-c2ccco2)nc(-c2cn(C(c3ccccc3)(c3ccccc3)c3ccccc3)c3ncc(Cl)nc23)n1. The summed E-state index contributed by atoms with van der Waals surface area (Å²) in [4.78, 5) is 32.5. The molecule has 2 unspecified atom stereocenters. The first-order chi connectivity index (χ1) is 25.5. The van der Waals surface area contributed by atoms with Gasteiger partial charge in [-0.1, -0.05) is 103 Å². The molecule has 3 aromatic carbocycles. The van der Waals surface area contributed by atoms with Crippen molar-refractivity contribution >= 4 is 34.6 Å². The monoisotopic (exact) mass is 706 g/mol. The fourth-order valence-corrected chi connectivity index (χ4v) is 8.85. The number of aromatic nitrogens is 5. The molecule has 52 heavy (non-hydrogen) atoms. The number of carboxylic acid groups (broad SMARTS) is 1. The zero-order valence-electron chi connectivity index (χ0n) is 28.1. The van der Waals surface area contributed by atoms with Crippen LogP contribution in [0.1, 0.15) is 42.4 Å². The highest BCUT2D eigenvalue weighted by atomic mass is 35.5. The Kier molecular flexibility index (Phi) is 8.08. The van der Waals surface area contributed by atoms with Crippen LogP contribution in [0.4, 0.5) is 5.82 Å². The molecule has 258 valence electrons. The van der Waals surface area contributed by atoms with Crippen LogP contribution in [0, 0.1) is 17.8 Å². The minimum absolute atomic E-state index is 0.142. The van der Waals surface area contributed by atoms with Crippen molar-refractivity contribution in [3.8, 4) is 22.8 Å². The van der Waals surface area contributed by atoms with Gasteiger partial charge in [-0.15, -0.1) is 0 Å². The molecule has 0 spiro atoms. The van der Waals surface area contributed by atoms with Crippen molar-refractivity contribution in [3.63, 3.8) is 0 Å². The molecule has 2 bridgehead atoms. The number of anilines is 1. The molecule has 4 aromatic heterocycles. The molecule has 0 amide bonds. The number of halogens is 1. The molecular formula is C42H35ClN6O3. The van der Waals surface area contributed by atoms with Crippen LogP contribution >= 0.6 is 11.6 Å². The van der Waals surface area contributed by atoms with E-state index < -0.39 is 17.4 Å². The largest absolute Gasteiger partial charge is 0.481 e. The van der Waals surface area contributed by atoms with Gasteiger partial charge in [-0.05, 0) is 66.3 Å². The summed E-state index contributed by atoms with van der Waals surface area (Å²) in [6.45, 7) is 0. The highest BCUT2D eigenvalue weighted by Crippen LogP contribution is 2.47. The quantitative estimate of drug-likeness (QED) is 0.143. The minimum Gasteiger partial charge on any atom is -0.481 e. The van der Waals surface area contributed by atoms with Gasteiger partial charge in [-0.2, -0.15) is 0 Å². The number of benzene rings is 3. The first-order valence-electron chi connectivity index (χ1n) is 17.6. The molecular weight excluding hydrogens is 672 g/mol. The number of carboxylic acids is 1. The number of rotatable bonds is 9. The van der Waals surface area contributed by atoms with Gasteiger partial charge in [0.15, 0.2) is 17.2 Å². The predicted molar refractivity (Wildman–Crippen MR) is 200 cm³/mol. The molecule has 3 fully saturated rings. The molecule has 4 heterocycles. The number of aliphatic carboxylic acids is 1. The topological polar surface area (TPSA) is 119 Å². The number of fused-ring (bicyclic) bond motifs is 4. The van der Waals surface area contributed by atoms with Crippen LogP contribution in [0.25, 0.3) is 34.0 Å². The van der Waals surface area contributed by atoms with Crippen LogP contribution in [0.2, 0.25) is 5.15 Å². The molecule has 9 nitrogen and oxygen atoms in total. The smallest absolute Gasteiger partial charge is 0.308 e. The highest BCUT2D eigenvalue weighted by molar-refractivity contribution is 6.29. The summed E-state index contributed by atoms with van der Waals surface area (Å²) in [5.41, 5.74) is 4.47. The Labute approximate surface area is 305 Å². The van der Waals surface area contributed by atoms with Crippen LogP contribution in [-0.4, -0.2) is 41.6 Å². The summed E-state index contributed by atoms with van der Waals surface area (Å²) >= 11 is 6.60. The van der Waals surface area contributed by atoms with Gasteiger partial charge < -0.3 is 19.4 Å². The van der Waals surface area contributed by atoms with Crippen LogP contribution < -0.4 is 5.32 Å². The van der Waals surface area contributed by atoms with E-state index in [2.05, 4.69) is 46.3 Å². The first kappa shape index (κ1) is 32.1. The average molecular weight is 707 g/mol. The van der Waals surface area contributed by atoms with Crippen LogP contribution in [-0.2, 0) is 10.3 Å². The normalized spacial score (nSPS) is 19.9. The second-order valence-electron chi connectivity index (χ2n) is 13.7. The van der Waals surface area contributed by atoms with E-state index in [1.54, 1.807) is 12.5 Å². The molecule has 2 N–H and O–H groups in total. The molecule has 10 heteroatoms. The average Bonchev–Trinajstić information content (AvgIpc) is 3.86. The summed E-state index contributed by atoms with van der Waals surface area (Å²) < 4.78 is 7.99. The fourth-order valence-electron chi connectivity index (χ4n) is 8.72. The van der Waals surface area contributed by atoms with E-state index >= 15 is 0 Å². The maximum absolute atomic E-state index is 12.6. The zero-order chi connectivity index (χ0) is 35.2. The number of nitrogens with zero attached hydrogens (tertiary/aromatic N) is 5. The van der Waals surface area contributed by atoms with E-state index in [0.29, 0.717) is 39.8 Å². The Bertz CT molecular complexity index is 2260. The Morgan fingerprint density at radius 3 is 2.00 bits per heavy atom. The molecule has 0 aliphatic heterocycles. The van der Waals surface area contributed by atoms with Crippen LogP contribution in [0.15, 0.2) is 132 Å². The van der Waals surface area contributed by atoms with Crippen molar-refractivity contribution < 1.29 is 14.3 Å². The molecule has 7 aromatic rings. The molecule has 0 saturated heterocycles. The van der Waals surface area contributed by atoms with Gasteiger partial charge in [0.2, 0.25) is 0 Å². The van der Waals surface area contributed by atoms with Crippen molar-refractivity contribution in [1.29, 1.82) is 0 Å². The second kappa shape index (κ2) is 13.1. The van der Waals surface area contributed by atoms with Gasteiger partial charge in [-0.25, -0.2) is 19.9 Å². The Hall–Kier alpha value is -5.80. The van der Waals surface area contributed by atoms with Gasteiger partial charge in [0.05, 0.1) is 23.9 Å². The van der Waals surface area contributed by atoms with Gasteiger partial charge in [0.25, 0.3) is 0 Å². The lowest BCUT2D eigenvalue weighted by Crippen LogP contribution is -2.51. The maximum atomic E-state index is 12.6. The van der Waals surface area contributed by atoms with Crippen molar-refractivity contribution in [2.45, 2.75) is 37.3 Å². The lowest BCUT2D eigenvalue weighted by molar-refractivity contribution is -0.148. The Morgan fingerprint density at radius 2 is 1.42 bits per heavy atom. The number of carbonyl (C=O) groups is 1. The van der Waals surface area contributed by atoms with E-state index in [4.69, 9.17) is 36.0 Å². The third-order valence-corrected chi connectivity index (χ3v) is 11.1. The molecule has 2 atom stereocenters. The summed E-state index contributed by atoms with van der Waals surface area (Å²) in [5, 5.41) is 14.2. The van der Waals surface area contributed by atoms with Gasteiger partial charge >= 0.3 is 5.97 Å². The molecule has 3 saturated carbocycles. The maximum Gasteiger partial charge on any atom is 0.308 e. The molecule has 3 aliphatic carbocycles. The molecule has 0 radical (unpaired) electrons. The summed E-state index contributed by atoms with van der Waals surface area (Å²) in [7, 11) is 0. The minimum atomic E-state index is -0.890. The third-order valence-electron chi connectivity index (χ3n) is 11.0. The van der Waals surface area contributed by atoms with Crippen LogP contribution in [0.5, 0.6) is 0 Å². The fraction of sp³-hybridized carbons (Fsp3) is 0.214. The van der Waals surface area contributed by atoms with Crippen LogP contribution in [0.3, 0.4) is 0 Å². The van der Waals surface area contributed by atoms with Gasteiger partial charge in [-0.3, -0.25) is 4.79 Å². The highest BCUT2D eigenvalue weighted by Gasteiger charge is 2.47. The summed E-state index contributed by atoms with van der Waals surface area (Å²) in [6, 6.07) is 36.3. The van der Waals surface area contributed by atoms with E-state index in [9.17, 15) is 9.90 Å². The van der Waals surface area contributed by atoms with Crippen molar-refractivity contribution in [2.24, 2.45) is 17.8 Å². The Morgan fingerprint density at radius 1 is 0.808 bits per heavy atom. The summed E-state index contributed by atoms with van der Waals surface area (Å²) in [6.07, 6.45) is 9.06. The van der Waals surface area contributed by atoms with Gasteiger partial charge in [0.1, 0.15) is 27.7 Å². The lowest BCUT2D eigenvalue weighted by Gasteiger charge is -2.47. The lowest BCUT2D eigenvalue weighted by atomic mass is 9.61. The number of hydrogen-bond acceptors (Lipinski definition) is 7. The van der Waals surface area contributed by atoms with Crippen molar-refractivity contribution in [3.05, 3.63) is 150 Å². The zero-order valence-corrected chi connectivity index (χ0v) is 28.9. The van der Waals surface area contributed by atoms with Crippen molar-refractivity contribution in [2.75, 3.05) is 5.32 Å². The van der Waals surface area contributed by atoms with E-state index in [0.717, 1.165) is 42.4 Å². The first-order valence-corrected chi connectivity index (χ1v) is 18.0. The van der Waals surface area contributed by atoms with E-state index in [-0.39, 0.29) is 23.0 Å². The number of nitrogens with one attached hydrogen (secondary N) is 1. The van der Waals surface area contributed by atoms with Gasteiger partial charge in [0, 0.05) is 18.3 Å². The van der Waals surface area contributed by atoms with E-state index in [1.165, 1.54) is 0 Å². The summed E-state index contributed by atoms with van der Waals surface area (Å²) in [5.74, 6) is 0.595. The number of furan rings is 1. The standard InChI is InChI=1S/C42H35ClN6O3/c43-34-24-44-40-38(46-34)31(25-49(40)42(28-11-4-1-5-12-28,29-13-6-2-7-14-29)30-15-8-3-9-16-30)39-45-32(33-17-10-22-52-33)23-35(48-39)47-37-27-20-18-26(19-21-27)36(37)41(50)51/h1-17,22-27,36-37H,18-21H2,(H,50,51)(H,45,47,48).